The Morgan fingerprint density at radius 2 is 1.35 bits per heavy atom. The molecule has 0 atom stereocenters. The Bertz CT molecular complexity index is 1710. The number of nitrogens with two attached hydrogens (primary N) is 1. The zero-order valence-electron chi connectivity index (χ0n) is 22.6. The van der Waals surface area contributed by atoms with Crippen molar-refractivity contribution in [3.05, 3.63) is 96.6 Å². The molecule has 0 fully saturated rings. The van der Waals surface area contributed by atoms with Crippen LogP contribution in [0.15, 0.2) is 95.9 Å². The lowest BCUT2D eigenvalue weighted by Crippen LogP contribution is -2.30. The standard InChI is InChI=1S/C31H32N6O2S/c1-3-37(4-2)40(38,39)25-17-15-22(16-18-25)19-20-33-26-21-27(32)34-31-30(26)35-28(23-11-7-5-8-12-23)29(36-31)24-13-9-6-10-14-24/h5-18,21H,3-4,19-20H2,1-2H3,(H3,32,33,34,36). The van der Waals surface area contributed by atoms with Crippen molar-refractivity contribution in [1.82, 2.24) is 19.3 Å². The monoisotopic (exact) mass is 552 g/mol. The molecule has 2 aromatic heterocycles. The van der Waals surface area contributed by atoms with Crippen molar-refractivity contribution in [2.24, 2.45) is 0 Å². The summed E-state index contributed by atoms with van der Waals surface area (Å²) in [5.41, 5.74) is 12.4. The number of anilines is 2. The Kier molecular flexibility index (Phi) is 8.04. The fourth-order valence-electron chi connectivity index (χ4n) is 4.67. The van der Waals surface area contributed by atoms with Crippen LogP contribution in [0.4, 0.5) is 11.5 Å². The molecule has 0 aliphatic rings. The molecule has 0 radical (unpaired) electrons. The number of hydrogen-bond acceptors (Lipinski definition) is 7. The van der Waals surface area contributed by atoms with Gasteiger partial charge < -0.3 is 11.1 Å². The summed E-state index contributed by atoms with van der Waals surface area (Å²) in [4.78, 5) is 14.8. The molecule has 0 saturated carbocycles. The number of fused-ring (bicyclic) bond motifs is 1. The van der Waals surface area contributed by atoms with Gasteiger partial charge in [0.2, 0.25) is 10.0 Å². The molecule has 0 bridgehead atoms. The Morgan fingerprint density at radius 1 is 0.775 bits per heavy atom. The minimum absolute atomic E-state index is 0.304. The first-order chi connectivity index (χ1) is 19.4. The molecule has 0 amide bonds. The van der Waals surface area contributed by atoms with Crippen LogP contribution in [0.2, 0.25) is 0 Å². The summed E-state index contributed by atoms with van der Waals surface area (Å²) in [6.07, 6.45) is 0.677. The summed E-state index contributed by atoms with van der Waals surface area (Å²) in [7, 11) is -3.48. The number of nitrogens with one attached hydrogen (secondary N) is 1. The highest BCUT2D eigenvalue weighted by atomic mass is 32.2. The number of hydrogen-bond donors (Lipinski definition) is 2. The van der Waals surface area contributed by atoms with Crippen molar-refractivity contribution in [1.29, 1.82) is 0 Å². The normalized spacial score (nSPS) is 11.7. The minimum atomic E-state index is -3.48. The van der Waals surface area contributed by atoms with E-state index in [0.717, 1.165) is 33.8 Å². The number of nitrogen functional groups attached to an aromatic ring is 1. The van der Waals surface area contributed by atoms with Crippen molar-refractivity contribution in [2.45, 2.75) is 25.2 Å². The number of benzene rings is 3. The fourth-order valence-corrected chi connectivity index (χ4v) is 6.13. The van der Waals surface area contributed by atoms with Crippen molar-refractivity contribution in [3.8, 4) is 22.5 Å². The van der Waals surface area contributed by atoms with Crippen LogP contribution in [0.1, 0.15) is 19.4 Å². The maximum atomic E-state index is 12.8. The van der Waals surface area contributed by atoms with Gasteiger partial charge in [-0.25, -0.2) is 23.4 Å². The van der Waals surface area contributed by atoms with Gasteiger partial charge in [0.25, 0.3) is 0 Å². The molecule has 0 spiro atoms. The topological polar surface area (TPSA) is 114 Å². The predicted molar refractivity (Wildman–Crippen MR) is 161 cm³/mol. The molecule has 5 rings (SSSR count). The molecule has 0 aliphatic heterocycles. The van der Waals surface area contributed by atoms with Gasteiger partial charge >= 0.3 is 0 Å². The largest absolute Gasteiger partial charge is 0.384 e. The number of pyridine rings is 1. The third-order valence-electron chi connectivity index (χ3n) is 6.75. The number of sulfonamides is 1. The first-order valence-corrected chi connectivity index (χ1v) is 14.8. The summed E-state index contributed by atoms with van der Waals surface area (Å²) < 4.78 is 27.0. The zero-order valence-corrected chi connectivity index (χ0v) is 23.4. The molecular weight excluding hydrogens is 520 g/mol. The van der Waals surface area contributed by atoms with Crippen LogP contribution in [0.25, 0.3) is 33.7 Å². The van der Waals surface area contributed by atoms with Crippen LogP contribution in [0.5, 0.6) is 0 Å². The smallest absolute Gasteiger partial charge is 0.243 e. The molecule has 3 N–H and O–H groups in total. The van der Waals surface area contributed by atoms with E-state index in [1.54, 1.807) is 18.2 Å². The maximum Gasteiger partial charge on any atom is 0.243 e. The quantitative estimate of drug-likeness (QED) is 0.231. The molecule has 3 aromatic carbocycles. The van der Waals surface area contributed by atoms with Crippen LogP contribution in [0.3, 0.4) is 0 Å². The zero-order chi connectivity index (χ0) is 28.1. The van der Waals surface area contributed by atoms with Gasteiger partial charge in [0.1, 0.15) is 11.3 Å². The van der Waals surface area contributed by atoms with Crippen LogP contribution in [0, 0.1) is 0 Å². The van der Waals surface area contributed by atoms with E-state index in [-0.39, 0.29) is 0 Å². The molecule has 0 unspecified atom stereocenters. The SMILES string of the molecule is CCN(CC)S(=O)(=O)c1ccc(CCNc2cc(N)nc3nc(-c4ccccc4)c(-c4ccccc4)nc23)cc1. The molecular formula is C31H32N6O2S. The molecule has 5 aromatic rings. The third kappa shape index (κ3) is 5.66. The van der Waals surface area contributed by atoms with Gasteiger partial charge in [-0.2, -0.15) is 4.31 Å². The third-order valence-corrected chi connectivity index (χ3v) is 8.81. The number of aromatic nitrogens is 3. The summed E-state index contributed by atoms with van der Waals surface area (Å²) in [6.45, 7) is 5.15. The molecule has 9 heteroatoms. The minimum Gasteiger partial charge on any atom is -0.384 e. The molecule has 8 nitrogen and oxygen atoms in total. The average molecular weight is 553 g/mol. The van der Waals surface area contributed by atoms with Gasteiger partial charge in [0.15, 0.2) is 5.65 Å². The second-order valence-electron chi connectivity index (χ2n) is 9.33. The number of nitrogens with zero attached hydrogens (tertiary/aromatic N) is 4. The first-order valence-electron chi connectivity index (χ1n) is 13.3. The van der Waals surface area contributed by atoms with Crippen LogP contribution < -0.4 is 11.1 Å². The van der Waals surface area contributed by atoms with E-state index in [9.17, 15) is 8.42 Å². The van der Waals surface area contributed by atoms with E-state index in [1.807, 2.05) is 86.6 Å². The van der Waals surface area contributed by atoms with E-state index in [4.69, 9.17) is 15.7 Å². The maximum absolute atomic E-state index is 12.8. The Hall–Kier alpha value is -4.34. The highest BCUT2D eigenvalue weighted by molar-refractivity contribution is 7.89. The second-order valence-corrected chi connectivity index (χ2v) is 11.3. The highest BCUT2D eigenvalue weighted by Crippen LogP contribution is 2.33. The summed E-state index contributed by atoms with van der Waals surface area (Å²) in [5, 5.41) is 3.45. The van der Waals surface area contributed by atoms with Crippen LogP contribution >= 0.6 is 0 Å². The number of rotatable bonds is 10. The second kappa shape index (κ2) is 11.8. The summed E-state index contributed by atoms with van der Waals surface area (Å²) >= 11 is 0. The van der Waals surface area contributed by atoms with E-state index >= 15 is 0 Å². The van der Waals surface area contributed by atoms with E-state index in [2.05, 4.69) is 10.3 Å². The molecule has 40 heavy (non-hydrogen) atoms. The van der Waals surface area contributed by atoms with Crippen molar-refractivity contribution < 1.29 is 8.42 Å². The lowest BCUT2D eigenvalue weighted by molar-refractivity contribution is 0.445. The fraction of sp³-hybridized carbons (Fsp3) is 0.194. The predicted octanol–water partition coefficient (Wildman–Crippen LogP) is 5.63. The highest BCUT2D eigenvalue weighted by Gasteiger charge is 2.21. The van der Waals surface area contributed by atoms with E-state index in [0.29, 0.717) is 47.9 Å². The Balaban J connectivity index is 1.43. The molecule has 0 aliphatic carbocycles. The van der Waals surface area contributed by atoms with E-state index in [1.165, 1.54) is 4.31 Å². The van der Waals surface area contributed by atoms with Gasteiger partial charge in [-0.05, 0) is 24.1 Å². The van der Waals surface area contributed by atoms with Gasteiger partial charge in [-0.3, -0.25) is 0 Å². The van der Waals surface area contributed by atoms with Gasteiger partial charge in [0.05, 0.1) is 22.0 Å². The summed E-state index contributed by atoms with van der Waals surface area (Å²) in [6, 6.07) is 28.7. The summed E-state index contributed by atoms with van der Waals surface area (Å²) in [5.74, 6) is 0.349. The molecule has 2 heterocycles. The van der Waals surface area contributed by atoms with Crippen LogP contribution in [-0.2, 0) is 16.4 Å². The van der Waals surface area contributed by atoms with Gasteiger partial charge in [-0.15, -0.1) is 0 Å². The van der Waals surface area contributed by atoms with Crippen molar-refractivity contribution >= 4 is 32.7 Å². The lowest BCUT2D eigenvalue weighted by atomic mass is 10.0. The van der Waals surface area contributed by atoms with Crippen LogP contribution in [-0.4, -0.2) is 47.3 Å². The van der Waals surface area contributed by atoms with Crippen molar-refractivity contribution in [2.75, 3.05) is 30.7 Å². The van der Waals surface area contributed by atoms with Gasteiger partial charge in [0, 0.05) is 36.8 Å². The first kappa shape index (κ1) is 27.2. The molecule has 204 valence electrons. The molecule has 0 saturated heterocycles. The Morgan fingerprint density at radius 3 is 1.93 bits per heavy atom. The Labute approximate surface area is 235 Å². The lowest BCUT2D eigenvalue weighted by Gasteiger charge is -2.18. The van der Waals surface area contributed by atoms with E-state index < -0.39 is 10.0 Å². The average Bonchev–Trinajstić information content (AvgIpc) is 2.98. The van der Waals surface area contributed by atoms with Crippen molar-refractivity contribution in [3.63, 3.8) is 0 Å². The van der Waals surface area contributed by atoms with Gasteiger partial charge in [-0.1, -0.05) is 86.6 Å².